The van der Waals surface area contributed by atoms with Gasteiger partial charge < -0.3 is 10.4 Å². The Kier molecular flexibility index (Phi) is 5.74. The molecule has 1 amide bonds. The monoisotopic (exact) mass is 277 g/mol. The number of aliphatic carboxylic acids is 1. The minimum Gasteiger partial charge on any atom is -0.481 e. The van der Waals surface area contributed by atoms with Crippen LogP contribution in [0.1, 0.15) is 39.3 Å². The lowest BCUT2D eigenvalue weighted by molar-refractivity contribution is -0.142. The van der Waals surface area contributed by atoms with Gasteiger partial charge in [-0.15, -0.1) is 0 Å². The van der Waals surface area contributed by atoms with Crippen molar-refractivity contribution >= 4 is 11.9 Å². The predicted molar refractivity (Wildman–Crippen MR) is 78.1 cm³/mol. The summed E-state index contributed by atoms with van der Waals surface area (Å²) in [6.07, 6.45) is 0. The molecule has 0 fully saturated rings. The highest BCUT2D eigenvalue weighted by atomic mass is 16.4. The highest BCUT2D eigenvalue weighted by molar-refractivity contribution is 5.80. The molecule has 0 aliphatic rings. The Morgan fingerprint density at radius 2 is 1.55 bits per heavy atom. The molecule has 0 radical (unpaired) electrons. The van der Waals surface area contributed by atoms with Crippen LogP contribution in [0.15, 0.2) is 30.3 Å². The highest BCUT2D eigenvalue weighted by Crippen LogP contribution is 2.23. The number of nitrogens with one attached hydrogen (secondary N) is 1. The lowest BCUT2D eigenvalue weighted by atomic mass is 9.92. The summed E-state index contributed by atoms with van der Waals surface area (Å²) < 4.78 is 0. The van der Waals surface area contributed by atoms with Gasteiger partial charge in [0.1, 0.15) is 0 Å². The number of amides is 1. The number of carbonyl (C=O) groups excluding carboxylic acids is 1. The van der Waals surface area contributed by atoms with E-state index in [-0.39, 0.29) is 17.7 Å². The zero-order valence-electron chi connectivity index (χ0n) is 12.5. The first-order valence-corrected chi connectivity index (χ1v) is 6.92. The second kappa shape index (κ2) is 7.08. The molecule has 1 rings (SSSR count). The van der Waals surface area contributed by atoms with Crippen LogP contribution in [0.2, 0.25) is 0 Å². The zero-order chi connectivity index (χ0) is 15.3. The van der Waals surface area contributed by atoms with E-state index < -0.39 is 17.9 Å². The molecule has 2 N–H and O–H groups in total. The van der Waals surface area contributed by atoms with Gasteiger partial charge >= 0.3 is 5.97 Å². The summed E-state index contributed by atoms with van der Waals surface area (Å²) in [7, 11) is 0. The van der Waals surface area contributed by atoms with Crippen LogP contribution in [0.25, 0.3) is 0 Å². The van der Waals surface area contributed by atoms with Gasteiger partial charge in [0.2, 0.25) is 5.91 Å². The highest BCUT2D eigenvalue weighted by Gasteiger charge is 2.28. The van der Waals surface area contributed by atoms with Crippen molar-refractivity contribution < 1.29 is 14.7 Å². The fraction of sp³-hybridized carbons (Fsp3) is 0.500. The molecule has 4 nitrogen and oxygen atoms in total. The van der Waals surface area contributed by atoms with Crippen LogP contribution < -0.4 is 5.32 Å². The maximum Gasteiger partial charge on any atom is 0.308 e. The number of benzene rings is 1. The summed E-state index contributed by atoms with van der Waals surface area (Å²) in [6, 6.07) is 8.71. The molecule has 0 saturated carbocycles. The van der Waals surface area contributed by atoms with Crippen LogP contribution in [0.5, 0.6) is 0 Å². The van der Waals surface area contributed by atoms with E-state index in [9.17, 15) is 14.7 Å². The quantitative estimate of drug-likeness (QED) is 0.840. The molecule has 0 aliphatic carbocycles. The van der Waals surface area contributed by atoms with Gasteiger partial charge in [0.05, 0.1) is 12.0 Å². The summed E-state index contributed by atoms with van der Waals surface area (Å²) in [5.74, 6) is -1.65. The molecule has 0 heterocycles. The lowest BCUT2D eigenvalue weighted by Crippen LogP contribution is -2.39. The Morgan fingerprint density at radius 3 is 2.00 bits per heavy atom. The van der Waals surface area contributed by atoms with Crippen molar-refractivity contribution in [2.45, 2.75) is 33.7 Å². The lowest BCUT2D eigenvalue weighted by Gasteiger charge is -2.25. The van der Waals surface area contributed by atoms with Crippen molar-refractivity contribution in [1.29, 1.82) is 0 Å². The van der Waals surface area contributed by atoms with E-state index in [2.05, 4.69) is 5.32 Å². The molecule has 0 spiro atoms. The van der Waals surface area contributed by atoms with Crippen molar-refractivity contribution in [2.24, 2.45) is 17.8 Å². The largest absolute Gasteiger partial charge is 0.481 e. The molecule has 0 aromatic heterocycles. The van der Waals surface area contributed by atoms with Crippen molar-refractivity contribution in [1.82, 2.24) is 5.32 Å². The van der Waals surface area contributed by atoms with Gasteiger partial charge in [-0.2, -0.15) is 0 Å². The Labute approximate surface area is 120 Å². The number of hydrogen-bond donors (Lipinski definition) is 2. The Hall–Kier alpha value is -1.84. The van der Waals surface area contributed by atoms with E-state index in [1.54, 1.807) is 6.92 Å². The second-order valence-corrected chi connectivity index (χ2v) is 5.56. The van der Waals surface area contributed by atoms with E-state index in [1.807, 2.05) is 51.1 Å². The fourth-order valence-corrected chi connectivity index (χ4v) is 1.89. The fourth-order valence-electron chi connectivity index (χ4n) is 1.89. The average Bonchev–Trinajstić information content (AvgIpc) is 2.43. The van der Waals surface area contributed by atoms with Crippen LogP contribution in [0.4, 0.5) is 0 Å². The Balaban J connectivity index is 2.95. The Bertz CT molecular complexity index is 456. The van der Waals surface area contributed by atoms with Crippen molar-refractivity contribution in [3.05, 3.63) is 35.9 Å². The van der Waals surface area contributed by atoms with Gasteiger partial charge in [0.25, 0.3) is 0 Å². The van der Waals surface area contributed by atoms with E-state index in [4.69, 9.17) is 0 Å². The van der Waals surface area contributed by atoms with Crippen LogP contribution >= 0.6 is 0 Å². The molecule has 4 heteroatoms. The first-order valence-electron chi connectivity index (χ1n) is 6.92. The van der Waals surface area contributed by atoms with E-state index >= 15 is 0 Å². The summed E-state index contributed by atoms with van der Waals surface area (Å²) in [4.78, 5) is 23.4. The molecule has 0 saturated heterocycles. The van der Waals surface area contributed by atoms with Crippen molar-refractivity contribution in [3.63, 3.8) is 0 Å². The van der Waals surface area contributed by atoms with Gasteiger partial charge in [-0.25, -0.2) is 0 Å². The van der Waals surface area contributed by atoms with Crippen LogP contribution in [0, 0.1) is 17.8 Å². The maximum absolute atomic E-state index is 12.2. The van der Waals surface area contributed by atoms with Crippen molar-refractivity contribution in [3.8, 4) is 0 Å². The molecular weight excluding hydrogens is 254 g/mol. The number of carboxylic acids is 1. The van der Waals surface area contributed by atoms with Gasteiger partial charge in [0.15, 0.2) is 0 Å². The number of hydrogen-bond acceptors (Lipinski definition) is 2. The van der Waals surface area contributed by atoms with Gasteiger partial charge in [0, 0.05) is 5.92 Å². The molecular formula is C16H23NO3. The third-order valence-corrected chi connectivity index (χ3v) is 3.76. The maximum atomic E-state index is 12.2. The minimum atomic E-state index is -0.920. The van der Waals surface area contributed by atoms with E-state index in [0.717, 1.165) is 5.56 Å². The molecule has 110 valence electrons. The molecule has 0 bridgehead atoms. The normalized spacial score (nSPS) is 15.4. The molecule has 0 aliphatic heterocycles. The SMILES string of the molecule is CC(C)C(C)C(=O)NC(c1ccccc1)C(C)C(=O)O. The second-order valence-electron chi connectivity index (χ2n) is 5.56. The van der Waals surface area contributed by atoms with Gasteiger partial charge in [-0.05, 0) is 18.4 Å². The molecule has 20 heavy (non-hydrogen) atoms. The number of carboxylic acid groups (broad SMARTS) is 1. The average molecular weight is 277 g/mol. The number of rotatable bonds is 6. The third-order valence-electron chi connectivity index (χ3n) is 3.76. The zero-order valence-corrected chi connectivity index (χ0v) is 12.5. The molecule has 1 aromatic carbocycles. The summed E-state index contributed by atoms with van der Waals surface area (Å²) in [6.45, 7) is 7.42. The molecule has 3 atom stereocenters. The van der Waals surface area contributed by atoms with Gasteiger partial charge in [-0.1, -0.05) is 51.1 Å². The van der Waals surface area contributed by atoms with Crippen molar-refractivity contribution in [2.75, 3.05) is 0 Å². The first kappa shape index (κ1) is 16.2. The summed E-state index contributed by atoms with van der Waals surface area (Å²) in [5, 5.41) is 12.1. The smallest absolute Gasteiger partial charge is 0.308 e. The molecule has 1 aromatic rings. The third kappa shape index (κ3) is 4.08. The topological polar surface area (TPSA) is 66.4 Å². The number of carbonyl (C=O) groups is 2. The van der Waals surface area contributed by atoms with Crippen LogP contribution in [-0.2, 0) is 9.59 Å². The van der Waals surface area contributed by atoms with Gasteiger partial charge in [-0.3, -0.25) is 9.59 Å². The predicted octanol–water partition coefficient (Wildman–Crippen LogP) is 2.86. The minimum absolute atomic E-state index is 0.109. The first-order chi connectivity index (χ1) is 9.34. The Morgan fingerprint density at radius 1 is 1.00 bits per heavy atom. The van der Waals surface area contributed by atoms with E-state index in [0.29, 0.717) is 0 Å². The molecule has 3 unspecified atom stereocenters. The summed E-state index contributed by atoms with van der Waals surface area (Å²) >= 11 is 0. The standard InChI is InChI=1S/C16H23NO3/c1-10(2)11(3)15(18)17-14(12(4)16(19)20)13-8-6-5-7-9-13/h5-12,14H,1-4H3,(H,17,18)(H,19,20). The summed E-state index contributed by atoms with van der Waals surface area (Å²) in [5.41, 5.74) is 0.812. The van der Waals surface area contributed by atoms with Crippen LogP contribution in [0.3, 0.4) is 0 Å². The van der Waals surface area contributed by atoms with Crippen LogP contribution in [-0.4, -0.2) is 17.0 Å². The van der Waals surface area contributed by atoms with E-state index in [1.165, 1.54) is 0 Å².